The van der Waals surface area contributed by atoms with E-state index in [4.69, 9.17) is 0 Å². The van der Waals surface area contributed by atoms with Crippen molar-refractivity contribution in [1.82, 2.24) is 0 Å². The van der Waals surface area contributed by atoms with Crippen molar-refractivity contribution in [2.45, 2.75) is 45.8 Å². The molecule has 0 aliphatic heterocycles. The van der Waals surface area contributed by atoms with Crippen LogP contribution in [0, 0.1) is 17.8 Å². The molecule has 0 aromatic heterocycles. The summed E-state index contributed by atoms with van der Waals surface area (Å²) in [5.41, 5.74) is 0. The van der Waals surface area contributed by atoms with Crippen LogP contribution in [-0.4, -0.2) is 22.4 Å². The van der Waals surface area contributed by atoms with Crippen molar-refractivity contribution in [3.05, 3.63) is 0 Å². The molecule has 1 aliphatic rings. The smallest absolute Gasteiger partial charge is 0.0575 e. The summed E-state index contributed by atoms with van der Waals surface area (Å²) in [6.45, 7) is 6.22. The van der Waals surface area contributed by atoms with Crippen LogP contribution in [-0.2, 0) is 0 Å². The fourth-order valence-corrected chi connectivity index (χ4v) is 2.10. The van der Waals surface area contributed by atoms with Crippen LogP contribution in [0.1, 0.15) is 33.6 Å². The van der Waals surface area contributed by atoms with Gasteiger partial charge in [-0.15, -0.1) is 0 Å². The van der Waals surface area contributed by atoms with E-state index in [2.05, 4.69) is 13.8 Å². The van der Waals surface area contributed by atoms with Crippen molar-refractivity contribution < 1.29 is 10.2 Å². The first kappa shape index (κ1) is 10.0. The summed E-state index contributed by atoms with van der Waals surface area (Å²) >= 11 is 0. The average molecular weight is 172 g/mol. The molecule has 0 unspecified atom stereocenters. The van der Waals surface area contributed by atoms with Gasteiger partial charge < -0.3 is 10.2 Å². The van der Waals surface area contributed by atoms with Gasteiger partial charge in [0.05, 0.1) is 12.2 Å². The van der Waals surface area contributed by atoms with E-state index in [9.17, 15) is 10.2 Å². The highest BCUT2D eigenvalue weighted by molar-refractivity contribution is 4.84. The normalized spacial score (nSPS) is 43.5. The third-order valence-corrected chi connectivity index (χ3v) is 3.13. The van der Waals surface area contributed by atoms with Gasteiger partial charge in [0.15, 0.2) is 0 Å². The van der Waals surface area contributed by atoms with Crippen LogP contribution in [0.4, 0.5) is 0 Å². The average Bonchev–Trinajstić information content (AvgIpc) is 1.96. The molecule has 0 aromatic carbocycles. The number of aliphatic hydroxyl groups is 2. The summed E-state index contributed by atoms with van der Waals surface area (Å²) in [6, 6.07) is 0. The summed E-state index contributed by atoms with van der Waals surface area (Å²) in [7, 11) is 0. The topological polar surface area (TPSA) is 40.5 Å². The van der Waals surface area contributed by atoms with Crippen molar-refractivity contribution in [2.75, 3.05) is 0 Å². The van der Waals surface area contributed by atoms with Crippen molar-refractivity contribution in [1.29, 1.82) is 0 Å². The Kier molecular flexibility index (Phi) is 3.13. The first-order valence-electron chi connectivity index (χ1n) is 4.88. The Bertz CT molecular complexity index is 145. The fraction of sp³-hybridized carbons (Fsp3) is 1.00. The highest BCUT2D eigenvalue weighted by atomic mass is 16.3. The minimum Gasteiger partial charge on any atom is -0.393 e. The van der Waals surface area contributed by atoms with Crippen LogP contribution < -0.4 is 0 Å². The lowest BCUT2D eigenvalue weighted by Crippen LogP contribution is -2.39. The maximum absolute atomic E-state index is 9.72. The van der Waals surface area contributed by atoms with Crippen LogP contribution in [0.15, 0.2) is 0 Å². The molecule has 0 heterocycles. The van der Waals surface area contributed by atoms with Gasteiger partial charge in [-0.25, -0.2) is 0 Å². The quantitative estimate of drug-likeness (QED) is 0.628. The van der Waals surface area contributed by atoms with E-state index in [0.29, 0.717) is 5.92 Å². The van der Waals surface area contributed by atoms with Gasteiger partial charge in [0.25, 0.3) is 0 Å². The van der Waals surface area contributed by atoms with Crippen LogP contribution in [0.25, 0.3) is 0 Å². The standard InChI is InChI=1S/C10H20O2/c1-6(2)8-5-9(11)7(3)4-10(8)12/h6-12H,4-5H2,1-3H3/t7-,8-,9-,10-/m1/s1. The van der Waals surface area contributed by atoms with Gasteiger partial charge in [-0.3, -0.25) is 0 Å². The molecule has 0 aromatic rings. The summed E-state index contributed by atoms with van der Waals surface area (Å²) in [4.78, 5) is 0. The van der Waals surface area contributed by atoms with E-state index in [1.54, 1.807) is 0 Å². The lowest BCUT2D eigenvalue weighted by molar-refractivity contribution is -0.0413. The minimum atomic E-state index is -0.208. The Labute approximate surface area is 74.6 Å². The van der Waals surface area contributed by atoms with E-state index >= 15 is 0 Å². The van der Waals surface area contributed by atoms with E-state index < -0.39 is 0 Å². The molecule has 0 saturated heterocycles. The van der Waals surface area contributed by atoms with Gasteiger partial charge in [-0.2, -0.15) is 0 Å². The Hall–Kier alpha value is -0.0800. The van der Waals surface area contributed by atoms with E-state index in [-0.39, 0.29) is 24.0 Å². The Morgan fingerprint density at radius 2 is 1.67 bits per heavy atom. The molecule has 1 aliphatic carbocycles. The van der Waals surface area contributed by atoms with Gasteiger partial charge in [-0.1, -0.05) is 20.8 Å². The third-order valence-electron chi connectivity index (χ3n) is 3.13. The summed E-state index contributed by atoms with van der Waals surface area (Å²) in [5.74, 6) is 1.02. The van der Waals surface area contributed by atoms with E-state index in [1.807, 2.05) is 6.92 Å². The van der Waals surface area contributed by atoms with Crippen LogP contribution in [0.2, 0.25) is 0 Å². The molecule has 72 valence electrons. The molecule has 0 amide bonds. The van der Waals surface area contributed by atoms with Crippen LogP contribution in [0.3, 0.4) is 0 Å². The Morgan fingerprint density at radius 1 is 1.08 bits per heavy atom. The summed E-state index contributed by atoms with van der Waals surface area (Å²) in [5, 5.41) is 19.3. The highest BCUT2D eigenvalue weighted by Crippen LogP contribution is 2.33. The largest absolute Gasteiger partial charge is 0.393 e. The predicted octanol–water partition coefficient (Wildman–Crippen LogP) is 1.41. The lowest BCUT2D eigenvalue weighted by Gasteiger charge is -2.37. The molecule has 4 atom stereocenters. The summed E-state index contributed by atoms with van der Waals surface area (Å²) in [6.07, 6.45) is 1.11. The van der Waals surface area contributed by atoms with Crippen LogP contribution in [0.5, 0.6) is 0 Å². The molecule has 2 nitrogen and oxygen atoms in total. The SMILES string of the molecule is CC(C)[C@H]1C[C@@H](O)[C@H](C)C[C@H]1O. The second-order valence-corrected chi connectivity index (χ2v) is 4.49. The number of aliphatic hydroxyl groups excluding tert-OH is 2. The van der Waals surface area contributed by atoms with Crippen molar-refractivity contribution in [3.8, 4) is 0 Å². The maximum atomic E-state index is 9.72. The Balaban J connectivity index is 2.55. The Morgan fingerprint density at radius 3 is 2.17 bits per heavy atom. The number of hydrogen-bond acceptors (Lipinski definition) is 2. The molecule has 2 heteroatoms. The molecule has 0 radical (unpaired) electrons. The molecule has 1 saturated carbocycles. The third kappa shape index (κ3) is 1.99. The first-order valence-corrected chi connectivity index (χ1v) is 4.88. The fourth-order valence-electron chi connectivity index (χ4n) is 2.10. The van der Waals surface area contributed by atoms with Gasteiger partial charge in [0.2, 0.25) is 0 Å². The second-order valence-electron chi connectivity index (χ2n) is 4.49. The van der Waals surface area contributed by atoms with Crippen LogP contribution >= 0.6 is 0 Å². The maximum Gasteiger partial charge on any atom is 0.0575 e. The van der Waals surface area contributed by atoms with Crippen molar-refractivity contribution >= 4 is 0 Å². The zero-order valence-corrected chi connectivity index (χ0v) is 8.20. The predicted molar refractivity (Wildman–Crippen MR) is 48.7 cm³/mol. The lowest BCUT2D eigenvalue weighted by atomic mass is 9.74. The molecule has 12 heavy (non-hydrogen) atoms. The molecular formula is C10H20O2. The van der Waals surface area contributed by atoms with Crippen molar-refractivity contribution in [3.63, 3.8) is 0 Å². The monoisotopic (exact) mass is 172 g/mol. The van der Waals surface area contributed by atoms with E-state index in [0.717, 1.165) is 12.8 Å². The molecule has 1 rings (SSSR count). The molecular weight excluding hydrogens is 152 g/mol. The zero-order valence-electron chi connectivity index (χ0n) is 8.20. The molecule has 2 N–H and O–H groups in total. The van der Waals surface area contributed by atoms with E-state index in [1.165, 1.54) is 0 Å². The summed E-state index contributed by atoms with van der Waals surface area (Å²) < 4.78 is 0. The zero-order chi connectivity index (χ0) is 9.30. The van der Waals surface area contributed by atoms with Crippen molar-refractivity contribution in [2.24, 2.45) is 17.8 Å². The first-order chi connectivity index (χ1) is 5.52. The van der Waals surface area contributed by atoms with Gasteiger partial charge in [0.1, 0.15) is 0 Å². The highest BCUT2D eigenvalue weighted by Gasteiger charge is 2.34. The minimum absolute atomic E-state index is 0.205. The number of rotatable bonds is 1. The van der Waals surface area contributed by atoms with Gasteiger partial charge in [0, 0.05) is 0 Å². The van der Waals surface area contributed by atoms with Gasteiger partial charge >= 0.3 is 0 Å². The molecule has 0 bridgehead atoms. The number of hydrogen-bond donors (Lipinski definition) is 2. The molecule has 0 spiro atoms. The molecule has 1 fully saturated rings. The second kappa shape index (κ2) is 3.75. The van der Waals surface area contributed by atoms with Gasteiger partial charge in [-0.05, 0) is 30.6 Å².